The molecule has 1 amide bonds. The number of rotatable bonds is 5. The number of likely N-dealkylation sites (N-methyl/N-ethyl adjacent to an activating group) is 1. The smallest absolute Gasteiger partial charge is 0.255 e. The molecule has 5 nitrogen and oxygen atoms in total. The van der Waals surface area contributed by atoms with Crippen molar-refractivity contribution < 1.29 is 14.6 Å². The third kappa shape index (κ3) is 3.87. The van der Waals surface area contributed by atoms with Crippen LogP contribution in [0.2, 0.25) is 5.02 Å². The molecule has 1 unspecified atom stereocenters. The maximum absolute atomic E-state index is 12.1. The van der Waals surface area contributed by atoms with E-state index in [1.807, 2.05) is 0 Å². The summed E-state index contributed by atoms with van der Waals surface area (Å²) in [4.78, 5) is 13.5. The van der Waals surface area contributed by atoms with E-state index in [1.165, 1.54) is 18.1 Å². The minimum absolute atomic E-state index is 0.164. The lowest BCUT2D eigenvalue weighted by molar-refractivity contribution is 0.0380. The molecule has 0 fully saturated rings. The van der Waals surface area contributed by atoms with Gasteiger partial charge in [0.25, 0.3) is 5.91 Å². The fourth-order valence-corrected chi connectivity index (χ4v) is 1.75. The lowest BCUT2D eigenvalue weighted by Gasteiger charge is -2.21. The molecule has 0 aliphatic rings. The number of anilines is 1. The number of methoxy groups -OCH3 is 1. The van der Waals surface area contributed by atoms with E-state index in [0.717, 1.165) is 0 Å². The van der Waals surface area contributed by atoms with Gasteiger partial charge in [0.05, 0.1) is 23.3 Å². The molecule has 18 heavy (non-hydrogen) atoms. The van der Waals surface area contributed by atoms with Crippen molar-refractivity contribution in [2.45, 2.75) is 6.10 Å². The number of carbonyl (C=O) groups is 1. The highest BCUT2D eigenvalue weighted by Gasteiger charge is 2.18. The summed E-state index contributed by atoms with van der Waals surface area (Å²) >= 11 is 5.94. The molecule has 0 spiro atoms. The Morgan fingerprint density at radius 2 is 2.28 bits per heavy atom. The topological polar surface area (TPSA) is 75.8 Å². The van der Waals surface area contributed by atoms with E-state index in [4.69, 9.17) is 22.1 Å². The fraction of sp³-hybridized carbons (Fsp3) is 0.417. The Balaban J connectivity index is 2.77. The monoisotopic (exact) mass is 272 g/mol. The Hall–Kier alpha value is -1.30. The molecule has 6 heteroatoms. The molecule has 1 aromatic carbocycles. The second-order valence-electron chi connectivity index (χ2n) is 4.03. The van der Waals surface area contributed by atoms with E-state index in [2.05, 4.69) is 0 Å². The van der Waals surface area contributed by atoms with E-state index in [-0.39, 0.29) is 19.1 Å². The van der Waals surface area contributed by atoms with E-state index >= 15 is 0 Å². The van der Waals surface area contributed by atoms with Crippen LogP contribution in [0.15, 0.2) is 18.2 Å². The summed E-state index contributed by atoms with van der Waals surface area (Å²) in [6, 6.07) is 4.71. The summed E-state index contributed by atoms with van der Waals surface area (Å²) < 4.78 is 4.80. The maximum Gasteiger partial charge on any atom is 0.255 e. The summed E-state index contributed by atoms with van der Waals surface area (Å²) in [6.07, 6.45) is -0.733. The van der Waals surface area contributed by atoms with Crippen molar-refractivity contribution in [1.82, 2.24) is 4.90 Å². The van der Waals surface area contributed by atoms with Gasteiger partial charge in [-0.2, -0.15) is 0 Å². The van der Waals surface area contributed by atoms with Gasteiger partial charge in [-0.05, 0) is 18.2 Å². The van der Waals surface area contributed by atoms with Gasteiger partial charge in [0.15, 0.2) is 0 Å². The molecule has 1 rings (SSSR count). The summed E-state index contributed by atoms with van der Waals surface area (Å²) in [5.74, 6) is -0.289. The lowest BCUT2D eigenvalue weighted by Crippen LogP contribution is -2.36. The van der Waals surface area contributed by atoms with Crippen LogP contribution in [0, 0.1) is 0 Å². The lowest BCUT2D eigenvalue weighted by atomic mass is 10.1. The van der Waals surface area contributed by atoms with Gasteiger partial charge in [0.1, 0.15) is 0 Å². The van der Waals surface area contributed by atoms with Crippen molar-refractivity contribution in [3.05, 3.63) is 28.8 Å². The van der Waals surface area contributed by atoms with Crippen molar-refractivity contribution >= 4 is 23.2 Å². The molecule has 1 atom stereocenters. The molecule has 0 radical (unpaired) electrons. The number of aliphatic hydroxyl groups is 1. The number of amides is 1. The second kappa shape index (κ2) is 6.58. The third-order valence-corrected chi connectivity index (χ3v) is 2.74. The number of hydrogen-bond acceptors (Lipinski definition) is 4. The third-order valence-electron chi connectivity index (χ3n) is 2.41. The van der Waals surface area contributed by atoms with Crippen molar-refractivity contribution in [2.75, 3.05) is 33.0 Å². The van der Waals surface area contributed by atoms with Gasteiger partial charge < -0.3 is 20.5 Å². The number of aliphatic hydroxyl groups excluding tert-OH is 1. The van der Waals surface area contributed by atoms with Crippen LogP contribution in [0.4, 0.5) is 5.69 Å². The largest absolute Gasteiger partial charge is 0.399 e. The number of nitrogens with two attached hydrogens (primary N) is 1. The number of ether oxygens (including phenoxy) is 1. The number of carbonyl (C=O) groups excluding carboxylic acids is 1. The van der Waals surface area contributed by atoms with Crippen molar-refractivity contribution in [2.24, 2.45) is 0 Å². The van der Waals surface area contributed by atoms with Crippen LogP contribution in [0.5, 0.6) is 0 Å². The summed E-state index contributed by atoms with van der Waals surface area (Å²) in [7, 11) is 3.07. The molecular weight excluding hydrogens is 256 g/mol. The van der Waals surface area contributed by atoms with Crippen LogP contribution in [-0.2, 0) is 4.74 Å². The van der Waals surface area contributed by atoms with E-state index in [1.54, 1.807) is 19.2 Å². The Labute approximate surface area is 111 Å². The molecular formula is C12H17ClN2O3. The van der Waals surface area contributed by atoms with Gasteiger partial charge in [0.2, 0.25) is 0 Å². The second-order valence-corrected chi connectivity index (χ2v) is 4.44. The molecule has 0 bridgehead atoms. The molecule has 0 saturated heterocycles. The summed E-state index contributed by atoms with van der Waals surface area (Å²) in [6.45, 7) is 0.333. The molecule has 3 N–H and O–H groups in total. The van der Waals surface area contributed by atoms with Crippen LogP contribution < -0.4 is 5.73 Å². The highest BCUT2D eigenvalue weighted by molar-refractivity contribution is 6.33. The van der Waals surface area contributed by atoms with Crippen LogP contribution in [0.3, 0.4) is 0 Å². The van der Waals surface area contributed by atoms with Crippen LogP contribution >= 0.6 is 11.6 Å². The summed E-state index contributed by atoms with van der Waals surface area (Å²) in [5.41, 5.74) is 6.40. The van der Waals surface area contributed by atoms with Crippen LogP contribution in [-0.4, -0.2) is 49.3 Å². The Morgan fingerprint density at radius 3 is 2.89 bits per heavy atom. The number of hydrogen-bond donors (Lipinski definition) is 2. The molecule has 0 aliphatic heterocycles. The number of halogens is 1. The standard InChI is InChI=1S/C12H17ClN2O3/c1-15(6-9(16)7-18-2)12(17)10-5-8(14)3-4-11(10)13/h3-5,9,16H,6-7,14H2,1-2H3. The zero-order valence-electron chi connectivity index (χ0n) is 10.4. The minimum Gasteiger partial charge on any atom is -0.399 e. The van der Waals surface area contributed by atoms with Gasteiger partial charge in [-0.15, -0.1) is 0 Å². The number of benzene rings is 1. The van der Waals surface area contributed by atoms with Gasteiger partial charge in [-0.1, -0.05) is 11.6 Å². The molecule has 0 aromatic heterocycles. The van der Waals surface area contributed by atoms with Gasteiger partial charge >= 0.3 is 0 Å². The highest BCUT2D eigenvalue weighted by Crippen LogP contribution is 2.20. The predicted molar refractivity (Wildman–Crippen MR) is 70.7 cm³/mol. The van der Waals surface area contributed by atoms with E-state index in [0.29, 0.717) is 16.3 Å². The Kier molecular flexibility index (Phi) is 5.40. The highest BCUT2D eigenvalue weighted by atomic mass is 35.5. The molecule has 0 heterocycles. The van der Waals surface area contributed by atoms with Gasteiger partial charge in [-0.3, -0.25) is 4.79 Å². The molecule has 1 aromatic rings. The first kappa shape index (κ1) is 14.8. The van der Waals surface area contributed by atoms with E-state index < -0.39 is 6.10 Å². The minimum atomic E-state index is -0.733. The summed E-state index contributed by atoms with van der Waals surface area (Å²) in [5, 5.41) is 9.90. The zero-order valence-corrected chi connectivity index (χ0v) is 11.1. The first-order valence-corrected chi connectivity index (χ1v) is 5.81. The average Bonchev–Trinajstić information content (AvgIpc) is 2.31. The molecule has 0 aliphatic carbocycles. The number of nitrogen functional groups attached to an aromatic ring is 1. The number of nitrogens with zero attached hydrogens (tertiary/aromatic N) is 1. The van der Waals surface area contributed by atoms with Crippen molar-refractivity contribution in [3.8, 4) is 0 Å². The molecule has 100 valence electrons. The van der Waals surface area contributed by atoms with Crippen molar-refractivity contribution in [1.29, 1.82) is 0 Å². The Morgan fingerprint density at radius 1 is 1.61 bits per heavy atom. The van der Waals surface area contributed by atoms with Gasteiger partial charge in [0, 0.05) is 26.4 Å². The van der Waals surface area contributed by atoms with E-state index in [9.17, 15) is 9.90 Å². The average molecular weight is 273 g/mol. The predicted octanol–water partition coefficient (Wildman–Crippen LogP) is 1.00. The Bertz CT molecular complexity index is 426. The quantitative estimate of drug-likeness (QED) is 0.784. The van der Waals surface area contributed by atoms with Crippen molar-refractivity contribution in [3.63, 3.8) is 0 Å². The zero-order chi connectivity index (χ0) is 13.7. The normalized spacial score (nSPS) is 12.2. The SMILES string of the molecule is COCC(O)CN(C)C(=O)c1cc(N)ccc1Cl. The van der Waals surface area contributed by atoms with Crippen LogP contribution in [0.1, 0.15) is 10.4 Å². The molecule has 0 saturated carbocycles. The fourth-order valence-electron chi connectivity index (χ4n) is 1.56. The first-order chi connectivity index (χ1) is 8.45. The first-order valence-electron chi connectivity index (χ1n) is 5.43. The van der Waals surface area contributed by atoms with Gasteiger partial charge in [-0.25, -0.2) is 0 Å². The maximum atomic E-state index is 12.1. The van der Waals surface area contributed by atoms with Crippen LogP contribution in [0.25, 0.3) is 0 Å².